The van der Waals surface area contributed by atoms with E-state index < -0.39 is 0 Å². The maximum atomic E-state index is 13.9. The fourth-order valence-corrected chi connectivity index (χ4v) is 2.23. The van der Waals surface area contributed by atoms with Gasteiger partial charge in [0.05, 0.1) is 0 Å². The Morgan fingerprint density at radius 1 is 1.05 bits per heavy atom. The average molecular weight is 287 g/mol. The minimum absolute atomic E-state index is 0.275. The van der Waals surface area contributed by atoms with Gasteiger partial charge < -0.3 is 10.1 Å². The van der Waals surface area contributed by atoms with Gasteiger partial charge in [-0.15, -0.1) is 0 Å². The van der Waals surface area contributed by atoms with Crippen LogP contribution in [0.15, 0.2) is 42.5 Å². The Labute approximate surface area is 126 Å². The van der Waals surface area contributed by atoms with Crippen LogP contribution < -0.4 is 10.1 Å². The Balaban J connectivity index is 2.04. The number of hydrogen-bond acceptors (Lipinski definition) is 2. The lowest BCUT2D eigenvalue weighted by molar-refractivity contribution is 0.288. The van der Waals surface area contributed by atoms with E-state index in [2.05, 4.69) is 18.3 Å². The number of benzene rings is 2. The zero-order valence-corrected chi connectivity index (χ0v) is 12.7. The molecule has 0 aliphatic rings. The molecule has 0 aliphatic heterocycles. The average Bonchev–Trinajstić information content (AvgIpc) is 2.50. The van der Waals surface area contributed by atoms with Crippen molar-refractivity contribution >= 4 is 0 Å². The van der Waals surface area contributed by atoms with E-state index in [4.69, 9.17) is 4.74 Å². The highest BCUT2D eigenvalue weighted by atomic mass is 19.1. The van der Waals surface area contributed by atoms with E-state index in [1.807, 2.05) is 24.3 Å². The van der Waals surface area contributed by atoms with Crippen LogP contribution in [0.1, 0.15) is 23.6 Å². The molecule has 21 heavy (non-hydrogen) atoms. The van der Waals surface area contributed by atoms with Crippen molar-refractivity contribution in [2.75, 3.05) is 13.1 Å². The molecular weight excluding hydrogens is 265 g/mol. The number of hydrogen-bond donors (Lipinski definition) is 1. The molecule has 0 bridgehead atoms. The molecule has 0 fully saturated rings. The van der Waals surface area contributed by atoms with Gasteiger partial charge in [0, 0.05) is 0 Å². The zero-order chi connectivity index (χ0) is 15.1. The van der Waals surface area contributed by atoms with E-state index >= 15 is 0 Å². The molecule has 1 N–H and O–H groups in total. The van der Waals surface area contributed by atoms with Crippen molar-refractivity contribution in [2.24, 2.45) is 0 Å². The summed E-state index contributed by atoms with van der Waals surface area (Å²) in [6, 6.07) is 13.4. The quantitative estimate of drug-likeness (QED) is 0.781. The summed E-state index contributed by atoms with van der Waals surface area (Å²) in [5, 5.41) is 3.31. The van der Waals surface area contributed by atoms with Crippen LogP contribution in [0.4, 0.5) is 4.39 Å². The van der Waals surface area contributed by atoms with Crippen molar-refractivity contribution in [1.29, 1.82) is 0 Å². The minimum atomic E-state index is -0.275. The van der Waals surface area contributed by atoms with Crippen LogP contribution in [0.25, 0.3) is 0 Å². The number of halogens is 1. The lowest BCUT2D eigenvalue weighted by Crippen LogP contribution is -2.17. The van der Waals surface area contributed by atoms with Crippen molar-refractivity contribution in [1.82, 2.24) is 5.32 Å². The summed E-state index contributed by atoms with van der Waals surface area (Å²) >= 11 is 0. The summed E-state index contributed by atoms with van der Waals surface area (Å²) in [7, 11) is 0. The third kappa shape index (κ3) is 4.30. The minimum Gasteiger partial charge on any atom is -0.486 e. The first-order chi connectivity index (χ1) is 10.2. The van der Waals surface area contributed by atoms with Crippen LogP contribution in [0.2, 0.25) is 0 Å². The van der Waals surface area contributed by atoms with E-state index in [1.165, 1.54) is 5.56 Å². The van der Waals surface area contributed by atoms with Gasteiger partial charge >= 0.3 is 0 Å². The second-order valence-electron chi connectivity index (χ2n) is 5.05. The summed E-state index contributed by atoms with van der Waals surface area (Å²) in [5.74, 6) is 0.0408. The SMILES string of the molecule is CCNCCc1ccccc1COc1cccc(C)c1F. The molecule has 0 aliphatic carbocycles. The first kappa shape index (κ1) is 15.5. The van der Waals surface area contributed by atoms with E-state index in [9.17, 15) is 4.39 Å². The third-order valence-electron chi connectivity index (χ3n) is 3.48. The van der Waals surface area contributed by atoms with Crippen molar-refractivity contribution < 1.29 is 9.13 Å². The molecule has 0 unspecified atom stereocenters. The number of aryl methyl sites for hydroxylation is 1. The molecule has 0 atom stereocenters. The molecule has 0 heterocycles. The first-order valence-corrected chi connectivity index (χ1v) is 7.37. The standard InChI is InChI=1S/C18H22FNO/c1-3-20-12-11-15-8-4-5-9-16(15)13-21-17-10-6-7-14(2)18(17)19/h4-10,20H,3,11-13H2,1-2H3. The molecule has 2 nitrogen and oxygen atoms in total. The number of nitrogens with one attached hydrogen (secondary N) is 1. The van der Waals surface area contributed by atoms with Gasteiger partial charge in [0.15, 0.2) is 11.6 Å². The Morgan fingerprint density at radius 2 is 1.81 bits per heavy atom. The molecule has 0 aromatic heterocycles. The first-order valence-electron chi connectivity index (χ1n) is 7.37. The number of ether oxygens (including phenoxy) is 1. The molecular formula is C18H22FNO. The summed E-state index contributed by atoms with van der Waals surface area (Å²) in [6.07, 6.45) is 0.948. The summed E-state index contributed by atoms with van der Waals surface area (Å²) in [5.41, 5.74) is 2.95. The summed E-state index contributed by atoms with van der Waals surface area (Å²) < 4.78 is 19.6. The smallest absolute Gasteiger partial charge is 0.167 e. The molecule has 3 heteroatoms. The predicted octanol–water partition coefficient (Wildman–Crippen LogP) is 3.87. The fourth-order valence-electron chi connectivity index (χ4n) is 2.23. The second-order valence-corrected chi connectivity index (χ2v) is 5.05. The number of likely N-dealkylation sites (N-methyl/N-ethyl adjacent to an activating group) is 1. The van der Waals surface area contributed by atoms with Gasteiger partial charge in [0.25, 0.3) is 0 Å². The Bertz CT molecular complexity index is 583. The zero-order valence-electron chi connectivity index (χ0n) is 12.7. The topological polar surface area (TPSA) is 21.3 Å². The predicted molar refractivity (Wildman–Crippen MR) is 84.2 cm³/mol. The molecule has 0 saturated carbocycles. The summed E-state index contributed by atoms with van der Waals surface area (Å²) in [4.78, 5) is 0. The van der Waals surface area contributed by atoms with Gasteiger partial charge in [0.1, 0.15) is 6.61 Å². The fraction of sp³-hybridized carbons (Fsp3) is 0.333. The highest BCUT2D eigenvalue weighted by Crippen LogP contribution is 2.21. The molecule has 2 aromatic carbocycles. The largest absolute Gasteiger partial charge is 0.486 e. The molecule has 112 valence electrons. The highest BCUT2D eigenvalue weighted by Gasteiger charge is 2.07. The van der Waals surface area contributed by atoms with Crippen LogP contribution in [0.3, 0.4) is 0 Å². The Morgan fingerprint density at radius 3 is 2.57 bits per heavy atom. The number of rotatable bonds is 7. The molecule has 0 amide bonds. The Hall–Kier alpha value is -1.87. The lowest BCUT2D eigenvalue weighted by Gasteiger charge is -2.12. The lowest BCUT2D eigenvalue weighted by atomic mass is 10.1. The van der Waals surface area contributed by atoms with Crippen LogP contribution in [0.5, 0.6) is 5.75 Å². The maximum Gasteiger partial charge on any atom is 0.167 e. The van der Waals surface area contributed by atoms with Crippen molar-refractivity contribution in [2.45, 2.75) is 26.9 Å². The van der Waals surface area contributed by atoms with Gasteiger partial charge in [0.2, 0.25) is 0 Å². The van der Waals surface area contributed by atoms with E-state index in [0.717, 1.165) is 25.1 Å². The van der Waals surface area contributed by atoms with Crippen molar-refractivity contribution in [3.63, 3.8) is 0 Å². The highest BCUT2D eigenvalue weighted by molar-refractivity contribution is 5.32. The Kier molecular flexibility index (Phi) is 5.76. The van der Waals surface area contributed by atoms with Gasteiger partial charge in [-0.1, -0.05) is 43.3 Å². The van der Waals surface area contributed by atoms with Crippen LogP contribution >= 0.6 is 0 Å². The van der Waals surface area contributed by atoms with Crippen molar-refractivity contribution in [3.05, 3.63) is 65.0 Å². The molecule has 0 saturated heterocycles. The molecule has 2 rings (SSSR count). The van der Waals surface area contributed by atoms with Gasteiger partial charge in [-0.05, 0) is 49.2 Å². The molecule has 0 spiro atoms. The van der Waals surface area contributed by atoms with Crippen LogP contribution in [0, 0.1) is 12.7 Å². The van der Waals surface area contributed by atoms with Crippen LogP contribution in [-0.4, -0.2) is 13.1 Å². The monoisotopic (exact) mass is 287 g/mol. The normalized spacial score (nSPS) is 10.6. The summed E-state index contributed by atoms with van der Waals surface area (Å²) in [6.45, 7) is 6.13. The maximum absolute atomic E-state index is 13.9. The second kappa shape index (κ2) is 7.79. The molecule has 2 aromatic rings. The van der Waals surface area contributed by atoms with E-state index in [0.29, 0.717) is 17.9 Å². The van der Waals surface area contributed by atoms with Gasteiger partial charge in [-0.2, -0.15) is 0 Å². The van der Waals surface area contributed by atoms with Gasteiger partial charge in [-0.25, -0.2) is 4.39 Å². The van der Waals surface area contributed by atoms with Gasteiger partial charge in [-0.3, -0.25) is 0 Å². The third-order valence-corrected chi connectivity index (χ3v) is 3.48. The van der Waals surface area contributed by atoms with Crippen molar-refractivity contribution in [3.8, 4) is 5.75 Å². The van der Waals surface area contributed by atoms with E-state index in [1.54, 1.807) is 19.1 Å². The van der Waals surface area contributed by atoms with E-state index in [-0.39, 0.29) is 5.82 Å². The van der Waals surface area contributed by atoms with Crippen LogP contribution in [-0.2, 0) is 13.0 Å². The molecule has 0 radical (unpaired) electrons.